The number of rotatable bonds is 2. The Morgan fingerprint density at radius 3 is 3.14 bits per heavy atom. The highest BCUT2D eigenvalue weighted by Crippen LogP contribution is 2.25. The molecule has 0 saturated heterocycles. The minimum absolute atomic E-state index is 0.307. The molecule has 0 radical (unpaired) electrons. The van der Waals surface area contributed by atoms with Crippen molar-refractivity contribution in [3.05, 3.63) is 17.7 Å². The monoisotopic (exact) mass is 193 g/mol. The second kappa shape index (κ2) is 3.73. The first-order valence-corrected chi connectivity index (χ1v) is 5.52. The number of imidazole rings is 1. The molecule has 0 saturated carbocycles. The van der Waals surface area contributed by atoms with E-state index in [0.29, 0.717) is 12.0 Å². The highest BCUT2D eigenvalue weighted by molar-refractivity contribution is 5.11. The van der Waals surface area contributed by atoms with Crippen LogP contribution in [0.15, 0.2) is 6.20 Å². The highest BCUT2D eigenvalue weighted by atomic mass is 15.1. The van der Waals surface area contributed by atoms with Crippen LogP contribution in [0.4, 0.5) is 0 Å². The summed E-state index contributed by atoms with van der Waals surface area (Å²) in [4.78, 5) is 4.66. The van der Waals surface area contributed by atoms with Crippen LogP contribution < -0.4 is 5.73 Å². The molecule has 0 spiro atoms. The Morgan fingerprint density at radius 2 is 2.43 bits per heavy atom. The first kappa shape index (κ1) is 9.71. The predicted octanol–water partition coefficient (Wildman–Crippen LogP) is 1.67. The van der Waals surface area contributed by atoms with Gasteiger partial charge < -0.3 is 10.3 Å². The second-order valence-electron chi connectivity index (χ2n) is 4.39. The number of aromatic nitrogens is 2. The Bertz CT molecular complexity index is 316. The maximum atomic E-state index is 5.97. The smallest absolute Gasteiger partial charge is 0.111 e. The van der Waals surface area contributed by atoms with E-state index in [-0.39, 0.29) is 0 Å². The van der Waals surface area contributed by atoms with Crippen molar-refractivity contribution in [2.75, 3.05) is 0 Å². The Balaban J connectivity index is 2.26. The summed E-state index contributed by atoms with van der Waals surface area (Å²) in [5, 5.41) is 0. The van der Waals surface area contributed by atoms with Gasteiger partial charge in [-0.25, -0.2) is 4.98 Å². The van der Waals surface area contributed by atoms with Crippen LogP contribution in [0.5, 0.6) is 0 Å². The van der Waals surface area contributed by atoms with E-state index in [1.807, 2.05) is 0 Å². The van der Waals surface area contributed by atoms with Gasteiger partial charge >= 0.3 is 0 Å². The van der Waals surface area contributed by atoms with Crippen molar-refractivity contribution in [1.29, 1.82) is 0 Å². The van der Waals surface area contributed by atoms with Crippen molar-refractivity contribution < 1.29 is 0 Å². The molecule has 2 atom stereocenters. The summed E-state index contributed by atoms with van der Waals surface area (Å²) in [6.07, 6.45) is 5.50. The lowest BCUT2D eigenvalue weighted by atomic mass is 9.98. The number of nitrogens with two attached hydrogens (primary N) is 1. The van der Waals surface area contributed by atoms with Crippen molar-refractivity contribution in [2.24, 2.45) is 5.73 Å². The number of aryl methyl sites for hydroxylation is 1. The van der Waals surface area contributed by atoms with Gasteiger partial charge in [-0.05, 0) is 12.8 Å². The highest BCUT2D eigenvalue weighted by Gasteiger charge is 2.23. The van der Waals surface area contributed by atoms with E-state index in [1.165, 1.54) is 11.5 Å². The third-order valence-electron chi connectivity index (χ3n) is 2.89. The average molecular weight is 193 g/mol. The molecule has 3 heteroatoms. The topological polar surface area (TPSA) is 43.8 Å². The second-order valence-corrected chi connectivity index (χ2v) is 4.39. The van der Waals surface area contributed by atoms with Gasteiger partial charge in [0.2, 0.25) is 0 Å². The molecule has 0 fully saturated rings. The Kier molecular flexibility index (Phi) is 2.59. The fourth-order valence-corrected chi connectivity index (χ4v) is 2.29. The van der Waals surface area contributed by atoms with E-state index in [1.54, 1.807) is 0 Å². The molecule has 1 aromatic rings. The minimum atomic E-state index is 0.307. The van der Waals surface area contributed by atoms with E-state index in [9.17, 15) is 0 Å². The third-order valence-corrected chi connectivity index (χ3v) is 2.89. The summed E-state index contributed by atoms with van der Waals surface area (Å²) in [5.74, 6) is 1.75. The van der Waals surface area contributed by atoms with Gasteiger partial charge in [0.05, 0.1) is 5.69 Å². The van der Waals surface area contributed by atoms with Crippen molar-refractivity contribution in [1.82, 2.24) is 9.55 Å². The van der Waals surface area contributed by atoms with Gasteiger partial charge in [-0.1, -0.05) is 20.3 Å². The zero-order valence-corrected chi connectivity index (χ0v) is 9.03. The van der Waals surface area contributed by atoms with Crippen LogP contribution in [0.1, 0.15) is 44.1 Å². The summed E-state index contributed by atoms with van der Waals surface area (Å²) in [5.41, 5.74) is 7.20. The zero-order chi connectivity index (χ0) is 10.1. The zero-order valence-electron chi connectivity index (χ0n) is 9.03. The van der Waals surface area contributed by atoms with Crippen LogP contribution in [0.25, 0.3) is 0 Å². The first-order valence-electron chi connectivity index (χ1n) is 5.52. The third kappa shape index (κ3) is 1.69. The number of nitrogens with zero attached hydrogens (tertiary/aromatic N) is 2. The minimum Gasteiger partial charge on any atom is -0.333 e. The average Bonchev–Trinajstić information content (AvgIpc) is 2.48. The predicted molar refractivity (Wildman–Crippen MR) is 57.2 cm³/mol. The van der Waals surface area contributed by atoms with Crippen LogP contribution in [0.3, 0.4) is 0 Å². The Morgan fingerprint density at radius 1 is 1.64 bits per heavy atom. The Hall–Kier alpha value is -0.830. The van der Waals surface area contributed by atoms with Gasteiger partial charge in [0, 0.05) is 24.7 Å². The fraction of sp³-hybridized carbons (Fsp3) is 0.727. The summed E-state index contributed by atoms with van der Waals surface area (Å²) in [6, 6.07) is 0.307. The van der Waals surface area contributed by atoms with E-state index in [4.69, 9.17) is 5.73 Å². The molecule has 0 aromatic carbocycles. The maximum absolute atomic E-state index is 5.97. The molecule has 1 aliphatic rings. The summed E-state index contributed by atoms with van der Waals surface area (Å²) >= 11 is 0. The molecule has 0 bridgehead atoms. The van der Waals surface area contributed by atoms with Crippen molar-refractivity contribution in [3.63, 3.8) is 0 Å². The summed E-state index contributed by atoms with van der Waals surface area (Å²) < 4.78 is 2.24. The standard InChI is InChI=1S/C11H19N3/c1-3-4-10-7-14-6-9(12)5-8(2)11(14)13-10/h7-9H,3-6,12H2,1-2H3. The summed E-state index contributed by atoms with van der Waals surface area (Å²) in [6.45, 7) is 5.34. The van der Waals surface area contributed by atoms with Crippen LogP contribution in [0.2, 0.25) is 0 Å². The quantitative estimate of drug-likeness (QED) is 0.776. The largest absolute Gasteiger partial charge is 0.333 e. The molecule has 1 aromatic heterocycles. The van der Waals surface area contributed by atoms with Crippen LogP contribution in [0, 0.1) is 0 Å². The lowest BCUT2D eigenvalue weighted by molar-refractivity contribution is 0.407. The van der Waals surface area contributed by atoms with E-state index >= 15 is 0 Å². The molecule has 2 N–H and O–H groups in total. The normalized spacial score (nSPS) is 26.2. The van der Waals surface area contributed by atoms with Crippen molar-refractivity contribution in [3.8, 4) is 0 Å². The molecular weight excluding hydrogens is 174 g/mol. The van der Waals surface area contributed by atoms with E-state index in [0.717, 1.165) is 25.8 Å². The van der Waals surface area contributed by atoms with E-state index < -0.39 is 0 Å². The molecule has 78 valence electrons. The van der Waals surface area contributed by atoms with Gasteiger partial charge in [-0.3, -0.25) is 0 Å². The molecule has 1 aliphatic heterocycles. The first-order chi connectivity index (χ1) is 6.70. The van der Waals surface area contributed by atoms with Gasteiger partial charge in [0.25, 0.3) is 0 Å². The molecule has 14 heavy (non-hydrogen) atoms. The molecule has 0 aliphatic carbocycles. The van der Waals surface area contributed by atoms with Gasteiger partial charge in [0.1, 0.15) is 5.82 Å². The molecule has 0 amide bonds. The summed E-state index contributed by atoms with van der Waals surface area (Å²) in [7, 11) is 0. The number of hydrogen-bond donors (Lipinski definition) is 1. The molecule has 2 rings (SSSR count). The molecule has 2 unspecified atom stereocenters. The van der Waals surface area contributed by atoms with Crippen LogP contribution in [-0.4, -0.2) is 15.6 Å². The maximum Gasteiger partial charge on any atom is 0.111 e. The lowest BCUT2D eigenvalue weighted by Gasteiger charge is -2.25. The van der Waals surface area contributed by atoms with Gasteiger partial charge in [-0.2, -0.15) is 0 Å². The van der Waals surface area contributed by atoms with E-state index in [2.05, 4.69) is 29.6 Å². The Labute approximate surface area is 85.3 Å². The van der Waals surface area contributed by atoms with Gasteiger partial charge in [-0.15, -0.1) is 0 Å². The SMILES string of the molecule is CCCc1cn2c(n1)C(C)CC(N)C2. The van der Waals surface area contributed by atoms with Crippen molar-refractivity contribution in [2.45, 2.75) is 51.6 Å². The molecular formula is C11H19N3. The number of hydrogen-bond acceptors (Lipinski definition) is 2. The molecule has 3 nitrogen and oxygen atoms in total. The van der Waals surface area contributed by atoms with Crippen LogP contribution in [-0.2, 0) is 13.0 Å². The van der Waals surface area contributed by atoms with Crippen LogP contribution >= 0.6 is 0 Å². The lowest BCUT2D eigenvalue weighted by Crippen LogP contribution is -2.33. The number of fused-ring (bicyclic) bond motifs is 1. The molecule has 2 heterocycles. The van der Waals surface area contributed by atoms with Gasteiger partial charge in [0.15, 0.2) is 0 Å². The fourth-order valence-electron chi connectivity index (χ4n) is 2.29. The van der Waals surface area contributed by atoms with Crippen molar-refractivity contribution >= 4 is 0 Å².